The maximum absolute atomic E-state index is 11.9. The van der Waals surface area contributed by atoms with Gasteiger partial charge in [0.2, 0.25) is 5.91 Å². The predicted molar refractivity (Wildman–Crippen MR) is 83.9 cm³/mol. The summed E-state index contributed by atoms with van der Waals surface area (Å²) < 4.78 is 10.2. The van der Waals surface area contributed by atoms with E-state index in [0.29, 0.717) is 45.6 Å². The molecule has 1 spiro atoms. The van der Waals surface area contributed by atoms with Crippen molar-refractivity contribution in [3.8, 4) is 0 Å². The number of amides is 1. The van der Waals surface area contributed by atoms with Gasteiger partial charge < -0.3 is 14.8 Å². The van der Waals surface area contributed by atoms with Crippen LogP contribution in [0.1, 0.15) is 32.1 Å². The fourth-order valence-electron chi connectivity index (χ4n) is 3.11. The summed E-state index contributed by atoms with van der Waals surface area (Å²) in [4.78, 5) is 35.2. The monoisotopic (exact) mass is 323 g/mol. The highest BCUT2D eigenvalue weighted by molar-refractivity contribution is 6.09. The van der Waals surface area contributed by atoms with E-state index in [2.05, 4.69) is 5.32 Å². The zero-order valence-corrected chi connectivity index (χ0v) is 13.6. The minimum Gasteiger partial charge on any atom is -0.382 e. The molecule has 0 radical (unpaired) electrons. The van der Waals surface area contributed by atoms with Crippen LogP contribution in [0.15, 0.2) is 12.2 Å². The maximum Gasteiger partial charge on any atom is 0.220 e. The molecule has 0 saturated heterocycles. The second kappa shape index (κ2) is 8.36. The van der Waals surface area contributed by atoms with E-state index in [1.54, 1.807) is 7.11 Å². The SMILES string of the molecule is COCCOCCCNC(=O)CCC1CC12CC(=O)C=CC2=O. The van der Waals surface area contributed by atoms with Gasteiger partial charge in [0.05, 0.1) is 13.2 Å². The molecule has 1 fully saturated rings. The number of ether oxygens (including phenoxy) is 2. The molecule has 23 heavy (non-hydrogen) atoms. The molecule has 128 valence electrons. The molecular weight excluding hydrogens is 298 g/mol. The number of ketones is 2. The van der Waals surface area contributed by atoms with Crippen LogP contribution in [0.3, 0.4) is 0 Å². The van der Waals surface area contributed by atoms with Crippen molar-refractivity contribution >= 4 is 17.5 Å². The van der Waals surface area contributed by atoms with Crippen LogP contribution in [0.25, 0.3) is 0 Å². The molecule has 0 aliphatic heterocycles. The third-order valence-corrected chi connectivity index (χ3v) is 4.57. The standard InChI is InChI=1S/C17H25NO5/c1-22-9-10-23-8-2-7-18-16(21)6-3-13-11-17(13)12-14(19)4-5-15(17)20/h4-5,13H,2-3,6-12H2,1H3,(H,18,21). The Morgan fingerprint density at radius 3 is 2.91 bits per heavy atom. The Labute approximate surface area is 136 Å². The van der Waals surface area contributed by atoms with Gasteiger partial charge in [-0.2, -0.15) is 0 Å². The molecule has 6 heteroatoms. The van der Waals surface area contributed by atoms with Crippen LogP contribution in [0.2, 0.25) is 0 Å². The first-order valence-electron chi connectivity index (χ1n) is 8.17. The van der Waals surface area contributed by atoms with Crippen LogP contribution >= 0.6 is 0 Å². The molecule has 2 aliphatic carbocycles. The van der Waals surface area contributed by atoms with E-state index in [1.165, 1.54) is 12.2 Å². The molecule has 2 aliphatic rings. The first-order valence-corrected chi connectivity index (χ1v) is 8.17. The molecule has 6 nitrogen and oxygen atoms in total. The highest BCUT2D eigenvalue weighted by Crippen LogP contribution is 2.59. The molecule has 0 heterocycles. The summed E-state index contributed by atoms with van der Waals surface area (Å²) in [5.41, 5.74) is -0.485. The van der Waals surface area contributed by atoms with Crippen molar-refractivity contribution in [1.29, 1.82) is 0 Å². The van der Waals surface area contributed by atoms with Gasteiger partial charge in [0.15, 0.2) is 11.6 Å². The lowest BCUT2D eigenvalue weighted by Crippen LogP contribution is -2.26. The molecule has 2 rings (SSSR count). The quantitative estimate of drug-likeness (QED) is 0.608. The van der Waals surface area contributed by atoms with Crippen LogP contribution in [-0.4, -0.2) is 50.9 Å². The number of carbonyl (C=O) groups excluding carboxylic acids is 3. The number of allylic oxidation sites excluding steroid dienone is 2. The fraction of sp³-hybridized carbons (Fsp3) is 0.706. The Kier molecular flexibility index (Phi) is 6.47. The normalized spacial score (nSPS) is 25.9. The van der Waals surface area contributed by atoms with Crippen LogP contribution in [0.5, 0.6) is 0 Å². The van der Waals surface area contributed by atoms with Crippen molar-refractivity contribution in [1.82, 2.24) is 5.32 Å². The van der Waals surface area contributed by atoms with Crippen molar-refractivity contribution in [3.05, 3.63) is 12.2 Å². The van der Waals surface area contributed by atoms with Gasteiger partial charge in [-0.15, -0.1) is 0 Å². The van der Waals surface area contributed by atoms with Gasteiger partial charge in [-0.3, -0.25) is 14.4 Å². The fourth-order valence-corrected chi connectivity index (χ4v) is 3.11. The molecular formula is C17H25NO5. The van der Waals surface area contributed by atoms with E-state index in [-0.39, 0.29) is 23.4 Å². The van der Waals surface area contributed by atoms with E-state index in [9.17, 15) is 14.4 Å². The lowest BCUT2D eigenvalue weighted by Gasteiger charge is -2.15. The molecule has 2 unspecified atom stereocenters. The maximum atomic E-state index is 11.9. The number of hydrogen-bond donors (Lipinski definition) is 1. The summed E-state index contributed by atoms with van der Waals surface area (Å²) >= 11 is 0. The summed E-state index contributed by atoms with van der Waals surface area (Å²) in [6.07, 6.45) is 5.65. The smallest absolute Gasteiger partial charge is 0.220 e. The van der Waals surface area contributed by atoms with Gasteiger partial charge in [-0.05, 0) is 37.3 Å². The predicted octanol–water partition coefficient (Wildman–Crippen LogP) is 1.04. The zero-order chi connectivity index (χ0) is 16.7. The van der Waals surface area contributed by atoms with Crippen LogP contribution in [-0.2, 0) is 23.9 Å². The average molecular weight is 323 g/mol. The summed E-state index contributed by atoms with van der Waals surface area (Å²) in [6.45, 7) is 2.32. The van der Waals surface area contributed by atoms with Crippen LogP contribution < -0.4 is 5.32 Å². The molecule has 0 bridgehead atoms. The van der Waals surface area contributed by atoms with Gasteiger partial charge in [-0.25, -0.2) is 0 Å². The Balaban J connectivity index is 1.55. The van der Waals surface area contributed by atoms with E-state index >= 15 is 0 Å². The minimum absolute atomic E-state index is 0.00549. The second-order valence-electron chi connectivity index (χ2n) is 6.25. The Morgan fingerprint density at radius 1 is 1.30 bits per heavy atom. The molecule has 1 saturated carbocycles. The molecule has 2 atom stereocenters. The largest absolute Gasteiger partial charge is 0.382 e. The van der Waals surface area contributed by atoms with Gasteiger partial charge in [0.1, 0.15) is 0 Å². The molecule has 0 aromatic rings. The molecule has 1 N–H and O–H groups in total. The van der Waals surface area contributed by atoms with Crippen molar-refractivity contribution in [2.45, 2.75) is 32.1 Å². The summed E-state index contributed by atoms with van der Waals surface area (Å²) in [6, 6.07) is 0. The third kappa shape index (κ3) is 4.97. The van der Waals surface area contributed by atoms with Gasteiger partial charge >= 0.3 is 0 Å². The van der Waals surface area contributed by atoms with E-state index in [4.69, 9.17) is 9.47 Å². The van der Waals surface area contributed by atoms with Crippen molar-refractivity contribution in [3.63, 3.8) is 0 Å². The second-order valence-corrected chi connectivity index (χ2v) is 6.25. The molecule has 0 aromatic carbocycles. The van der Waals surface area contributed by atoms with Gasteiger partial charge in [0, 0.05) is 38.5 Å². The Bertz CT molecular complexity index is 487. The summed E-state index contributed by atoms with van der Waals surface area (Å²) in [5.74, 6) is 0.238. The summed E-state index contributed by atoms with van der Waals surface area (Å²) in [5, 5.41) is 2.85. The lowest BCUT2D eigenvalue weighted by atomic mass is 9.86. The van der Waals surface area contributed by atoms with E-state index < -0.39 is 5.41 Å². The molecule has 0 aromatic heterocycles. The first-order chi connectivity index (χ1) is 11.1. The topological polar surface area (TPSA) is 81.7 Å². The average Bonchev–Trinajstić information content (AvgIpc) is 3.22. The van der Waals surface area contributed by atoms with Crippen LogP contribution in [0.4, 0.5) is 0 Å². The highest BCUT2D eigenvalue weighted by atomic mass is 16.5. The first kappa shape index (κ1) is 17.8. The number of hydrogen-bond acceptors (Lipinski definition) is 5. The third-order valence-electron chi connectivity index (χ3n) is 4.57. The highest BCUT2D eigenvalue weighted by Gasteiger charge is 2.59. The number of rotatable bonds is 10. The van der Waals surface area contributed by atoms with Crippen LogP contribution in [0, 0.1) is 11.3 Å². The number of methoxy groups -OCH3 is 1. The molecule has 1 amide bonds. The van der Waals surface area contributed by atoms with Gasteiger partial charge in [0.25, 0.3) is 0 Å². The van der Waals surface area contributed by atoms with Crippen molar-refractivity contribution in [2.24, 2.45) is 11.3 Å². The number of nitrogens with one attached hydrogen (secondary N) is 1. The van der Waals surface area contributed by atoms with Gasteiger partial charge in [-0.1, -0.05) is 0 Å². The van der Waals surface area contributed by atoms with Crippen molar-refractivity contribution < 1.29 is 23.9 Å². The Hall–Kier alpha value is -1.53. The van der Waals surface area contributed by atoms with E-state index in [1.807, 2.05) is 0 Å². The number of carbonyl (C=O) groups is 3. The van der Waals surface area contributed by atoms with Crippen molar-refractivity contribution in [2.75, 3.05) is 33.5 Å². The zero-order valence-electron chi connectivity index (χ0n) is 13.6. The summed E-state index contributed by atoms with van der Waals surface area (Å²) in [7, 11) is 1.63. The lowest BCUT2D eigenvalue weighted by molar-refractivity contribution is -0.126. The van der Waals surface area contributed by atoms with E-state index in [0.717, 1.165) is 12.8 Å². The minimum atomic E-state index is -0.485. The Morgan fingerprint density at radius 2 is 2.13 bits per heavy atom.